The molecule has 0 bridgehead atoms. The number of methoxy groups -OCH3 is 2. The maximum absolute atomic E-state index is 12.9. The van der Waals surface area contributed by atoms with Gasteiger partial charge in [0.15, 0.2) is 0 Å². The summed E-state index contributed by atoms with van der Waals surface area (Å²) in [6.45, 7) is 2.47. The van der Waals surface area contributed by atoms with Crippen molar-refractivity contribution in [2.75, 3.05) is 31.4 Å². The Labute approximate surface area is 164 Å². The first-order chi connectivity index (χ1) is 13.5. The topological polar surface area (TPSA) is 79.9 Å². The monoisotopic (exact) mass is 383 g/mol. The van der Waals surface area contributed by atoms with Gasteiger partial charge in [-0.15, -0.1) is 0 Å². The molecule has 3 amide bonds. The molecule has 1 aliphatic rings. The molecule has 1 atom stereocenters. The fourth-order valence-corrected chi connectivity index (χ4v) is 3.31. The third kappa shape index (κ3) is 4.36. The first-order valence-corrected chi connectivity index (χ1v) is 9.19. The average molecular weight is 383 g/mol. The Kier molecular flexibility index (Phi) is 6.03. The van der Waals surface area contributed by atoms with E-state index in [2.05, 4.69) is 10.6 Å². The van der Waals surface area contributed by atoms with Crippen LogP contribution in [0.3, 0.4) is 0 Å². The predicted octanol–water partition coefficient (Wildman–Crippen LogP) is 3.65. The van der Waals surface area contributed by atoms with Crippen LogP contribution < -0.4 is 20.1 Å². The number of rotatable bonds is 5. The van der Waals surface area contributed by atoms with Crippen LogP contribution in [0.5, 0.6) is 11.5 Å². The number of likely N-dealkylation sites (tertiary alicyclic amines) is 1. The number of nitrogens with one attached hydrogen (secondary N) is 2. The Morgan fingerprint density at radius 2 is 1.89 bits per heavy atom. The molecule has 7 nitrogen and oxygen atoms in total. The molecule has 2 aromatic rings. The molecule has 0 spiro atoms. The largest absolute Gasteiger partial charge is 0.497 e. The lowest BCUT2D eigenvalue weighted by Gasteiger charge is -2.24. The number of ether oxygens (including phenoxy) is 2. The zero-order chi connectivity index (χ0) is 20.1. The van der Waals surface area contributed by atoms with Gasteiger partial charge in [0, 0.05) is 18.3 Å². The number of urea groups is 1. The number of aryl methyl sites for hydroxylation is 1. The summed E-state index contributed by atoms with van der Waals surface area (Å²) in [6, 6.07) is 11.9. The molecule has 2 aromatic carbocycles. The maximum atomic E-state index is 12.9. The van der Waals surface area contributed by atoms with Crippen molar-refractivity contribution in [2.24, 2.45) is 0 Å². The number of amides is 3. The second-order valence-corrected chi connectivity index (χ2v) is 6.71. The van der Waals surface area contributed by atoms with E-state index in [4.69, 9.17) is 9.47 Å². The summed E-state index contributed by atoms with van der Waals surface area (Å²) in [7, 11) is 3.13. The van der Waals surface area contributed by atoms with Gasteiger partial charge in [0.25, 0.3) is 0 Å². The molecule has 1 aliphatic heterocycles. The quantitative estimate of drug-likeness (QED) is 0.826. The molecule has 148 valence electrons. The second kappa shape index (κ2) is 8.65. The average Bonchev–Trinajstić information content (AvgIpc) is 3.18. The lowest BCUT2D eigenvalue weighted by Crippen LogP contribution is -2.45. The van der Waals surface area contributed by atoms with Crippen LogP contribution in [0.25, 0.3) is 0 Å². The second-order valence-electron chi connectivity index (χ2n) is 6.71. The normalized spacial score (nSPS) is 15.8. The molecule has 1 saturated heterocycles. The van der Waals surface area contributed by atoms with E-state index in [1.54, 1.807) is 43.4 Å². The van der Waals surface area contributed by atoms with Crippen molar-refractivity contribution in [1.82, 2.24) is 4.90 Å². The highest BCUT2D eigenvalue weighted by atomic mass is 16.5. The summed E-state index contributed by atoms with van der Waals surface area (Å²) < 4.78 is 10.5. The van der Waals surface area contributed by atoms with Crippen LogP contribution in [0, 0.1) is 6.92 Å². The van der Waals surface area contributed by atoms with Crippen LogP contribution >= 0.6 is 0 Å². The first kappa shape index (κ1) is 19.5. The fourth-order valence-electron chi connectivity index (χ4n) is 3.31. The van der Waals surface area contributed by atoms with Crippen molar-refractivity contribution >= 4 is 23.3 Å². The Balaban J connectivity index is 1.70. The van der Waals surface area contributed by atoms with Gasteiger partial charge >= 0.3 is 6.03 Å². The molecule has 1 heterocycles. The number of carbonyl (C=O) groups excluding carboxylic acids is 2. The maximum Gasteiger partial charge on any atom is 0.322 e. The van der Waals surface area contributed by atoms with E-state index in [0.29, 0.717) is 35.8 Å². The molecular formula is C21H25N3O4. The van der Waals surface area contributed by atoms with Gasteiger partial charge in [-0.1, -0.05) is 12.1 Å². The van der Waals surface area contributed by atoms with Gasteiger partial charge in [-0.25, -0.2) is 4.79 Å². The van der Waals surface area contributed by atoms with Gasteiger partial charge in [-0.3, -0.25) is 4.79 Å². The van der Waals surface area contributed by atoms with E-state index < -0.39 is 6.04 Å². The van der Waals surface area contributed by atoms with Crippen molar-refractivity contribution in [3.05, 3.63) is 48.0 Å². The van der Waals surface area contributed by atoms with Gasteiger partial charge in [0.2, 0.25) is 5.91 Å². The van der Waals surface area contributed by atoms with E-state index in [0.717, 1.165) is 12.0 Å². The van der Waals surface area contributed by atoms with Gasteiger partial charge in [-0.05, 0) is 49.6 Å². The van der Waals surface area contributed by atoms with Crippen molar-refractivity contribution < 1.29 is 19.1 Å². The summed E-state index contributed by atoms with van der Waals surface area (Å²) >= 11 is 0. The summed E-state index contributed by atoms with van der Waals surface area (Å²) in [5.74, 6) is 1.02. The molecule has 0 aromatic heterocycles. The van der Waals surface area contributed by atoms with E-state index in [9.17, 15) is 9.59 Å². The minimum absolute atomic E-state index is 0.220. The molecule has 7 heteroatoms. The number of anilines is 2. The molecule has 3 rings (SSSR count). The van der Waals surface area contributed by atoms with E-state index in [1.165, 1.54) is 0 Å². The van der Waals surface area contributed by atoms with Crippen molar-refractivity contribution in [3.8, 4) is 11.5 Å². The Morgan fingerprint density at radius 1 is 1.07 bits per heavy atom. The molecule has 0 saturated carbocycles. The summed E-state index contributed by atoms with van der Waals surface area (Å²) in [6.07, 6.45) is 1.39. The third-order valence-electron chi connectivity index (χ3n) is 4.75. The van der Waals surface area contributed by atoms with Crippen molar-refractivity contribution in [3.63, 3.8) is 0 Å². The molecule has 0 radical (unpaired) electrons. The van der Waals surface area contributed by atoms with E-state index >= 15 is 0 Å². The molecular weight excluding hydrogens is 358 g/mol. The van der Waals surface area contributed by atoms with Gasteiger partial charge in [0.05, 0.1) is 19.9 Å². The van der Waals surface area contributed by atoms with Crippen molar-refractivity contribution in [1.29, 1.82) is 0 Å². The highest BCUT2D eigenvalue weighted by molar-refractivity contribution is 6.00. The number of nitrogens with zero attached hydrogens (tertiary/aromatic N) is 1. The molecule has 0 aliphatic carbocycles. The molecule has 0 unspecified atom stereocenters. The number of benzene rings is 2. The molecule has 2 N–H and O–H groups in total. The van der Waals surface area contributed by atoms with Crippen LogP contribution in [-0.4, -0.2) is 43.6 Å². The highest BCUT2D eigenvalue weighted by Gasteiger charge is 2.34. The minimum Gasteiger partial charge on any atom is -0.497 e. The zero-order valence-corrected chi connectivity index (χ0v) is 16.3. The highest BCUT2D eigenvalue weighted by Crippen LogP contribution is 2.27. The summed E-state index contributed by atoms with van der Waals surface area (Å²) in [5, 5.41) is 5.75. The third-order valence-corrected chi connectivity index (χ3v) is 4.75. The number of carbonyl (C=O) groups is 2. The fraction of sp³-hybridized carbons (Fsp3) is 0.333. The standard InChI is InChI=1S/C21H25N3O4/c1-14-9-10-19(28-3)17(12-14)23-20(25)18-8-5-11-24(18)21(26)22-15-6-4-7-16(13-15)27-2/h4,6-7,9-10,12-13,18H,5,8,11H2,1-3H3,(H,22,26)(H,23,25)/t18-/m0/s1. The Bertz CT molecular complexity index is 868. The van der Waals surface area contributed by atoms with E-state index in [-0.39, 0.29) is 11.9 Å². The zero-order valence-electron chi connectivity index (χ0n) is 16.3. The summed E-state index contributed by atoms with van der Waals surface area (Å²) in [4.78, 5) is 27.1. The van der Waals surface area contributed by atoms with Crippen LogP contribution in [0.4, 0.5) is 16.2 Å². The van der Waals surface area contributed by atoms with Gasteiger partial charge in [0.1, 0.15) is 17.5 Å². The van der Waals surface area contributed by atoms with Crippen molar-refractivity contribution in [2.45, 2.75) is 25.8 Å². The number of hydrogen-bond acceptors (Lipinski definition) is 4. The lowest BCUT2D eigenvalue weighted by atomic mass is 10.1. The van der Waals surface area contributed by atoms with E-state index in [1.807, 2.05) is 25.1 Å². The van der Waals surface area contributed by atoms with Gasteiger partial charge in [-0.2, -0.15) is 0 Å². The van der Waals surface area contributed by atoms with Crippen LogP contribution in [0.15, 0.2) is 42.5 Å². The summed E-state index contributed by atoms with van der Waals surface area (Å²) in [5.41, 5.74) is 2.23. The minimum atomic E-state index is -0.532. The predicted molar refractivity (Wildman–Crippen MR) is 108 cm³/mol. The molecule has 28 heavy (non-hydrogen) atoms. The van der Waals surface area contributed by atoms with Crippen LogP contribution in [-0.2, 0) is 4.79 Å². The van der Waals surface area contributed by atoms with Crippen LogP contribution in [0.2, 0.25) is 0 Å². The Hall–Kier alpha value is -3.22. The number of hydrogen-bond donors (Lipinski definition) is 2. The SMILES string of the molecule is COc1cccc(NC(=O)N2CCC[C@H]2C(=O)Nc2cc(C)ccc2OC)c1. The smallest absolute Gasteiger partial charge is 0.322 e. The molecule has 1 fully saturated rings. The first-order valence-electron chi connectivity index (χ1n) is 9.19. The Morgan fingerprint density at radius 3 is 2.64 bits per heavy atom. The van der Waals surface area contributed by atoms with Crippen LogP contribution in [0.1, 0.15) is 18.4 Å². The lowest BCUT2D eigenvalue weighted by molar-refractivity contribution is -0.119. The van der Waals surface area contributed by atoms with Gasteiger partial charge < -0.3 is 25.0 Å².